The predicted octanol–water partition coefficient (Wildman–Crippen LogP) is 5.95. The van der Waals surface area contributed by atoms with E-state index in [2.05, 4.69) is 148 Å². The molecule has 0 atom stereocenters. The van der Waals surface area contributed by atoms with Crippen LogP contribution >= 0.6 is 0 Å². The summed E-state index contributed by atoms with van der Waals surface area (Å²) in [4.78, 5) is 15.6. The molecule has 7 aromatic rings. The van der Waals surface area contributed by atoms with Gasteiger partial charge in [-0.15, -0.1) is 0 Å². The van der Waals surface area contributed by atoms with E-state index in [4.69, 9.17) is 5.11 Å². The summed E-state index contributed by atoms with van der Waals surface area (Å²) >= 11 is 0. The van der Waals surface area contributed by atoms with Gasteiger partial charge in [-0.05, 0) is 36.4 Å². The largest absolute Gasteiger partial charge is 2.00 e. The average Bonchev–Trinajstić information content (AvgIpc) is 3.19. The van der Waals surface area contributed by atoms with Gasteiger partial charge in [0.2, 0.25) is 0 Å². The Bertz CT molecular complexity index is 1650. The molecule has 0 unspecified atom stereocenters. The van der Waals surface area contributed by atoms with E-state index in [1.807, 2.05) is 73.2 Å². The van der Waals surface area contributed by atoms with Crippen molar-refractivity contribution in [1.29, 1.82) is 0 Å². The fourth-order valence-electron chi connectivity index (χ4n) is 6.45. The van der Waals surface area contributed by atoms with E-state index in [0.717, 1.165) is 36.7 Å². The molecule has 1 N–H and O–H groups in total. The summed E-state index contributed by atoms with van der Waals surface area (Å²) in [6.07, 6.45) is 4.27. The first-order chi connectivity index (χ1) is 24.7. The molecule has 4 aromatic carbocycles. The van der Waals surface area contributed by atoms with Gasteiger partial charge in [0.15, 0.2) is 0 Å². The third kappa shape index (κ3) is 11.0. The molecule has 0 saturated heterocycles. The minimum atomic E-state index is -1.22. The van der Waals surface area contributed by atoms with Crippen molar-refractivity contribution in [2.75, 3.05) is 6.61 Å². The molecule has 0 amide bonds. The van der Waals surface area contributed by atoms with Gasteiger partial charge in [-0.3, -0.25) is 19.9 Å². The summed E-state index contributed by atoms with van der Waals surface area (Å²) in [5.74, 6) is 0. The van der Waals surface area contributed by atoms with Gasteiger partial charge < -0.3 is 12.0 Å². The van der Waals surface area contributed by atoms with Gasteiger partial charge in [0.25, 0.3) is 0 Å². The van der Waals surface area contributed by atoms with Crippen molar-refractivity contribution in [2.45, 2.75) is 19.6 Å². The minimum Gasteiger partial charge on any atom is -0.428 e. The number of pyridine rings is 3. The van der Waals surface area contributed by atoms with Crippen LogP contribution in [0.25, 0.3) is 0 Å². The molecular formula is C44H43BN4ORh. The Hall–Kier alpha value is -5.06. The number of aliphatic hydroxyl groups excluding tert-OH is 1. The smallest absolute Gasteiger partial charge is 0.428 e. The Kier molecular flexibility index (Phi) is 16.1. The maximum absolute atomic E-state index is 7.46. The van der Waals surface area contributed by atoms with Gasteiger partial charge in [-0.1, -0.05) is 146 Å². The van der Waals surface area contributed by atoms with Crippen LogP contribution in [-0.4, -0.2) is 37.7 Å². The third-order valence-corrected chi connectivity index (χ3v) is 8.53. The monoisotopic (exact) mass is 757 g/mol. The summed E-state index contributed by atoms with van der Waals surface area (Å²) in [7, 11) is 0. The summed E-state index contributed by atoms with van der Waals surface area (Å²) < 4.78 is 0. The van der Waals surface area contributed by atoms with Crippen LogP contribution < -0.4 is 21.9 Å². The Morgan fingerprint density at radius 3 is 0.863 bits per heavy atom. The van der Waals surface area contributed by atoms with E-state index in [-0.39, 0.29) is 26.1 Å². The first kappa shape index (κ1) is 38.7. The van der Waals surface area contributed by atoms with Crippen LogP contribution in [0.15, 0.2) is 195 Å². The molecule has 0 fully saturated rings. The van der Waals surface area contributed by atoms with Crippen LogP contribution in [-0.2, 0) is 39.1 Å². The molecule has 0 aliphatic heterocycles. The van der Waals surface area contributed by atoms with Gasteiger partial charge in [0.1, 0.15) is 6.15 Å². The quantitative estimate of drug-likeness (QED) is 0.138. The van der Waals surface area contributed by atoms with Gasteiger partial charge in [0.05, 0.1) is 17.1 Å². The predicted molar refractivity (Wildman–Crippen MR) is 208 cm³/mol. The average molecular weight is 758 g/mol. The Morgan fingerprint density at radius 1 is 0.412 bits per heavy atom. The molecule has 257 valence electrons. The van der Waals surface area contributed by atoms with Crippen molar-refractivity contribution in [3.63, 3.8) is 0 Å². The Morgan fingerprint density at radius 2 is 0.647 bits per heavy atom. The number of rotatable bonds is 10. The molecule has 7 heteroatoms. The van der Waals surface area contributed by atoms with Crippen molar-refractivity contribution in [3.8, 4) is 0 Å². The van der Waals surface area contributed by atoms with Crippen molar-refractivity contribution in [1.82, 2.24) is 19.9 Å². The number of nitrogens with zero attached hydrogens (tertiary/aromatic N) is 4. The zero-order chi connectivity index (χ0) is 34.7. The van der Waals surface area contributed by atoms with Crippen LogP contribution in [0.4, 0.5) is 0 Å². The maximum Gasteiger partial charge on any atom is 2.00 e. The number of benzene rings is 4. The van der Waals surface area contributed by atoms with Crippen molar-refractivity contribution < 1.29 is 24.6 Å². The number of hydrogen-bond acceptors (Lipinski definition) is 5. The molecule has 0 bridgehead atoms. The fraction of sp³-hybridized carbons (Fsp3) is 0.0909. The molecule has 0 aliphatic rings. The van der Waals surface area contributed by atoms with Crippen LogP contribution in [0, 0.1) is 6.92 Å². The Labute approximate surface area is 315 Å². The molecule has 1 radical (unpaired) electrons. The fourth-order valence-corrected chi connectivity index (χ4v) is 6.45. The molecule has 0 aliphatic carbocycles. The van der Waals surface area contributed by atoms with E-state index in [1.54, 1.807) is 0 Å². The van der Waals surface area contributed by atoms with E-state index in [9.17, 15) is 0 Å². The van der Waals surface area contributed by atoms with Crippen molar-refractivity contribution >= 4 is 28.0 Å². The normalized spacial score (nSPS) is 10.5. The molecule has 0 saturated carbocycles. The second kappa shape index (κ2) is 21.2. The van der Waals surface area contributed by atoms with E-state index in [1.165, 1.54) is 21.9 Å². The van der Waals surface area contributed by atoms with Gasteiger partial charge in [0, 0.05) is 38.2 Å². The van der Waals surface area contributed by atoms with E-state index in [0.29, 0.717) is 0 Å². The number of aromatic nitrogens is 3. The van der Waals surface area contributed by atoms with Crippen LogP contribution in [0.2, 0.25) is 0 Å². The second-order valence-electron chi connectivity index (χ2n) is 11.8. The van der Waals surface area contributed by atoms with Gasteiger partial charge >= 0.3 is 19.5 Å². The number of hydrogen-bond donors (Lipinski definition) is 1. The van der Waals surface area contributed by atoms with Crippen LogP contribution in [0.5, 0.6) is 0 Å². The summed E-state index contributed by atoms with van der Waals surface area (Å²) in [6, 6.07) is 61.5. The summed E-state index contributed by atoms with van der Waals surface area (Å²) in [5, 5.41) is 7.46. The zero-order valence-electron chi connectivity index (χ0n) is 28.7. The van der Waals surface area contributed by atoms with Crippen LogP contribution in [0.1, 0.15) is 17.1 Å². The van der Waals surface area contributed by atoms with Gasteiger partial charge in [-0.2, -0.15) is 21.9 Å². The SMILES string of the molecule is [CH2-]CO.[Rh+2].c1ccc(CN(Cc2ccccn2)Cc2ccccn2)nc1.c1ccc([B-](c2ccccc2)(c2ccccc2)c2ccccc2)cc1. The van der Waals surface area contributed by atoms with E-state index >= 15 is 0 Å². The summed E-state index contributed by atoms with van der Waals surface area (Å²) in [5.41, 5.74) is 8.51. The summed E-state index contributed by atoms with van der Waals surface area (Å²) in [6.45, 7) is 5.36. The Balaban J connectivity index is 0.000000210. The van der Waals surface area contributed by atoms with E-state index < -0.39 is 6.15 Å². The topological polar surface area (TPSA) is 62.1 Å². The molecule has 5 nitrogen and oxygen atoms in total. The first-order valence-corrected chi connectivity index (χ1v) is 16.9. The van der Waals surface area contributed by atoms with Crippen molar-refractivity contribution in [2.24, 2.45) is 0 Å². The first-order valence-electron chi connectivity index (χ1n) is 16.9. The number of aliphatic hydroxyl groups is 1. The maximum atomic E-state index is 7.46. The molecule has 7 rings (SSSR count). The van der Waals surface area contributed by atoms with Gasteiger partial charge in [-0.25, -0.2) is 0 Å². The minimum absolute atomic E-state index is 0. The molecule has 0 spiro atoms. The second-order valence-corrected chi connectivity index (χ2v) is 11.8. The van der Waals surface area contributed by atoms with Crippen molar-refractivity contribution in [3.05, 3.63) is 219 Å². The molecule has 51 heavy (non-hydrogen) atoms. The van der Waals surface area contributed by atoms with Crippen LogP contribution in [0.3, 0.4) is 0 Å². The standard InChI is InChI=1S/C24H20B.C18H18N4.C2H5O.Rh/c1-5-13-21(14-6-1)25(22-15-7-2-8-16-22,23-17-9-3-10-18-23)24-19-11-4-12-20-24;1-4-10-19-16(7-1)13-22(14-17-8-2-5-11-20-17)15-18-9-3-6-12-21-18;1-2-3;/h1-20H;1-12H,13-15H2;3H,1-2H2;/q-1;;-1;+2. The third-order valence-electron chi connectivity index (χ3n) is 8.53. The molecular weight excluding hydrogens is 714 g/mol. The zero-order valence-corrected chi connectivity index (χ0v) is 30.3. The molecule has 3 heterocycles. The molecule has 3 aromatic heterocycles.